The van der Waals surface area contributed by atoms with Gasteiger partial charge in [0, 0.05) is 19.2 Å². The molecule has 0 spiro atoms. The van der Waals surface area contributed by atoms with Gasteiger partial charge >= 0.3 is 0 Å². The number of anilines is 1. The van der Waals surface area contributed by atoms with E-state index in [9.17, 15) is 0 Å². The van der Waals surface area contributed by atoms with Crippen molar-refractivity contribution in [3.63, 3.8) is 0 Å². The summed E-state index contributed by atoms with van der Waals surface area (Å²) in [5, 5.41) is 3.31. The van der Waals surface area contributed by atoms with E-state index in [0.717, 1.165) is 32.0 Å². The van der Waals surface area contributed by atoms with E-state index in [4.69, 9.17) is 4.74 Å². The first-order chi connectivity index (χ1) is 8.30. The Labute approximate surface area is 104 Å². The number of nitrogens with zero attached hydrogens (tertiary/aromatic N) is 2. The summed E-state index contributed by atoms with van der Waals surface area (Å²) in [6.07, 6.45) is 1.20. The third-order valence-electron chi connectivity index (χ3n) is 2.65. The van der Waals surface area contributed by atoms with Crippen molar-refractivity contribution in [1.29, 1.82) is 0 Å². The standard InChI is InChI=1S/C13H23N3O/c1-4-10-16(5-2)11-9-14-12-7-6-8-13(15-12)17-3/h6-8H,4-5,9-11H2,1-3H3,(H,14,15). The summed E-state index contributed by atoms with van der Waals surface area (Å²) in [5.41, 5.74) is 0. The minimum absolute atomic E-state index is 0.649. The van der Waals surface area contributed by atoms with Crippen LogP contribution in [0.1, 0.15) is 20.3 Å². The lowest BCUT2D eigenvalue weighted by atomic mass is 10.4. The lowest BCUT2D eigenvalue weighted by molar-refractivity contribution is 0.300. The van der Waals surface area contributed by atoms with E-state index in [2.05, 4.69) is 29.0 Å². The predicted octanol–water partition coefficient (Wildman–Crippen LogP) is 2.23. The van der Waals surface area contributed by atoms with Crippen molar-refractivity contribution >= 4 is 5.82 Å². The Morgan fingerprint density at radius 3 is 2.76 bits per heavy atom. The maximum absolute atomic E-state index is 5.08. The van der Waals surface area contributed by atoms with Gasteiger partial charge in [0.05, 0.1) is 7.11 Å². The quantitative estimate of drug-likeness (QED) is 0.752. The number of pyridine rings is 1. The van der Waals surface area contributed by atoms with Gasteiger partial charge in [0.25, 0.3) is 0 Å². The van der Waals surface area contributed by atoms with Crippen LogP contribution < -0.4 is 10.1 Å². The fraction of sp³-hybridized carbons (Fsp3) is 0.615. The highest BCUT2D eigenvalue weighted by molar-refractivity contribution is 5.36. The fourth-order valence-corrected chi connectivity index (χ4v) is 1.71. The molecular formula is C13H23N3O. The third kappa shape index (κ3) is 5.04. The van der Waals surface area contributed by atoms with Crippen molar-refractivity contribution in [2.75, 3.05) is 38.6 Å². The van der Waals surface area contributed by atoms with E-state index in [1.165, 1.54) is 6.42 Å². The van der Waals surface area contributed by atoms with Gasteiger partial charge in [-0.2, -0.15) is 4.98 Å². The molecule has 0 amide bonds. The average molecular weight is 237 g/mol. The minimum atomic E-state index is 0.649. The zero-order chi connectivity index (χ0) is 12.5. The van der Waals surface area contributed by atoms with Crippen molar-refractivity contribution in [2.24, 2.45) is 0 Å². The molecule has 0 unspecified atom stereocenters. The number of aromatic nitrogens is 1. The normalized spacial score (nSPS) is 10.6. The molecule has 4 heteroatoms. The number of ether oxygens (including phenoxy) is 1. The summed E-state index contributed by atoms with van der Waals surface area (Å²) < 4.78 is 5.08. The van der Waals surface area contributed by atoms with E-state index >= 15 is 0 Å². The van der Waals surface area contributed by atoms with Gasteiger partial charge in [-0.3, -0.25) is 0 Å². The summed E-state index contributed by atoms with van der Waals surface area (Å²) in [6.45, 7) is 8.61. The molecule has 0 saturated carbocycles. The molecule has 0 aromatic carbocycles. The monoisotopic (exact) mass is 237 g/mol. The molecule has 0 aliphatic heterocycles. The van der Waals surface area contributed by atoms with Gasteiger partial charge in [-0.15, -0.1) is 0 Å². The lowest BCUT2D eigenvalue weighted by Crippen LogP contribution is -2.29. The summed E-state index contributed by atoms with van der Waals surface area (Å²) in [4.78, 5) is 6.73. The van der Waals surface area contributed by atoms with Crippen LogP contribution in [0.2, 0.25) is 0 Å². The molecule has 0 saturated heterocycles. The van der Waals surface area contributed by atoms with Gasteiger partial charge in [-0.1, -0.05) is 19.9 Å². The van der Waals surface area contributed by atoms with Crippen LogP contribution in [0.4, 0.5) is 5.82 Å². The highest BCUT2D eigenvalue weighted by atomic mass is 16.5. The highest BCUT2D eigenvalue weighted by Crippen LogP contribution is 2.10. The lowest BCUT2D eigenvalue weighted by Gasteiger charge is -2.19. The molecule has 0 radical (unpaired) electrons. The molecule has 0 bridgehead atoms. The zero-order valence-corrected chi connectivity index (χ0v) is 11.1. The zero-order valence-electron chi connectivity index (χ0n) is 11.1. The smallest absolute Gasteiger partial charge is 0.214 e. The van der Waals surface area contributed by atoms with Crippen molar-refractivity contribution in [1.82, 2.24) is 9.88 Å². The molecule has 0 atom stereocenters. The number of likely N-dealkylation sites (N-methyl/N-ethyl adjacent to an activating group) is 1. The van der Waals surface area contributed by atoms with E-state index in [0.29, 0.717) is 5.88 Å². The fourth-order valence-electron chi connectivity index (χ4n) is 1.71. The molecule has 0 aliphatic carbocycles. The van der Waals surface area contributed by atoms with Crippen LogP contribution in [0.5, 0.6) is 5.88 Å². The Morgan fingerprint density at radius 1 is 1.29 bits per heavy atom. The summed E-state index contributed by atoms with van der Waals surface area (Å²) >= 11 is 0. The second-order valence-electron chi connectivity index (χ2n) is 3.93. The van der Waals surface area contributed by atoms with Crippen molar-refractivity contribution < 1.29 is 4.74 Å². The van der Waals surface area contributed by atoms with Crippen LogP contribution in [0.15, 0.2) is 18.2 Å². The summed E-state index contributed by atoms with van der Waals surface area (Å²) in [6, 6.07) is 5.75. The summed E-state index contributed by atoms with van der Waals surface area (Å²) in [7, 11) is 1.63. The van der Waals surface area contributed by atoms with Crippen LogP contribution in [-0.2, 0) is 0 Å². The van der Waals surface area contributed by atoms with E-state index in [1.807, 2.05) is 18.2 Å². The van der Waals surface area contributed by atoms with E-state index in [1.54, 1.807) is 7.11 Å². The number of hydrogen-bond donors (Lipinski definition) is 1. The van der Waals surface area contributed by atoms with Gasteiger partial charge in [0.15, 0.2) is 0 Å². The summed E-state index contributed by atoms with van der Waals surface area (Å²) in [5.74, 6) is 1.52. The molecule has 0 aliphatic rings. The van der Waals surface area contributed by atoms with Crippen LogP contribution in [0.25, 0.3) is 0 Å². The molecule has 17 heavy (non-hydrogen) atoms. The molecule has 1 aromatic rings. The first-order valence-electron chi connectivity index (χ1n) is 6.27. The first-order valence-corrected chi connectivity index (χ1v) is 6.27. The largest absolute Gasteiger partial charge is 0.481 e. The van der Waals surface area contributed by atoms with Crippen molar-refractivity contribution in [3.8, 4) is 5.88 Å². The SMILES string of the molecule is CCCN(CC)CCNc1cccc(OC)n1. The Balaban J connectivity index is 2.34. The molecule has 1 aromatic heterocycles. The Morgan fingerprint density at radius 2 is 2.12 bits per heavy atom. The second kappa shape index (κ2) is 7.90. The number of nitrogens with one attached hydrogen (secondary N) is 1. The number of hydrogen-bond acceptors (Lipinski definition) is 4. The number of methoxy groups -OCH3 is 1. The third-order valence-corrected chi connectivity index (χ3v) is 2.65. The van der Waals surface area contributed by atoms with Crippen LogP contribution in [-0.4, -0.2) is 43.2 Å². The average Bonchev–Trinajstić information content (AvgIpc) is 2.38. The minimum Gasteiger partial charge on any atom is -0.481 e. The molecule has 1 heterocycles. The maximum Gasteiger partial charge on any atom is 0.214 e. The van der Waals surface area contributed by atoms with Gasteiger partial charge < -0.3 is 15.0 Å². The van der Waals surface area contributed by atoms with E-state index in [-0.39, 0.29) is 0 Å². The molecular weight excluding hydrogens is 214 g/mol. The van der Waals surface area contributed by atoms with Crippen LogP contribution in [0.3, 0.4) is 0 Å². The number of rotatable bonds is 8. The van der Waals surface area contributed by atoms with Crippen LogP contribution >= 0.6 is 0 Å². The van der Waals surface area contributed by atoms with Crippen molar-refractivity contribution in [2.45, 2.75) is 20.3 Å². The maximum atomic E-state index is 5.08. The second-order valence-corrected chi connectivity index (χ2v) is 3.93. The van der Waals surface area contributed by atoms with Crippen LogP contribution in [0, 0.1) is 0 Å². The molecule has 1 rings (SSSR count). The molecule has 1 N–H and O–H groups in total. The van der Waals surface area contributed by atoms with Gasteiger partial charge in [0.2, 0.25) is 5.88 Å². The van der Waals surface area contributed by atoms with Gasteiger partial charge in [0.1, 0.15) is 5.82 Å². The van der Waals surface area contributed by atoms with E-state index < -0.39 is 0 Å². The van der Waals surface area contributed by atoms with Gasteiger partial charge in [-0.05, 0) is 25.6 Å². The molecule has 96 valence electrons. The van der Waals surface area contributed by atoms with Gasteiger partial charge in [-0.25, -0.2) is 0 Å². The first kappa shape index (κ1) is 13.8. The Kier molecular flexibility index (Phi) is 6.40. The molecule has 0 fully saturated rings. The van der Waals surface area contributed by atoms with Crippen molar-refractivity contribution in [3.05, 3.63) is 18.2 Å². The topological polar surface area (TPSA) is 37.4 Å². The molecule has 4 nitrogen and oxygen atoms in total. The Bertz CT molecular complexity index is 317. The highest BCUT2D eigenvalue weighted by Gasteiger charge is 2.01. The Hall–Kier alpha value is -1.29. The predicted molar refractivity (Wildman–Crippen MR) is 71.7 cm³/mol.